The van der Waals surface area contributed by atoms with Gasteiger partial charge < -0.3 is 10.6 Å². The van der Waals surface area contributed by atoms with Gasteiger partial charge in [-0.3, -0.25) is 4.79 Å². The van der Waals surface area contributed by atoms with Crippen LogP contribution in [0.1, 0.15) is 18.4 Å². The molecule has 1 aromatic rings. The summed E-state index contributed by atoms with van der Waals surface area (Å²) in [7, 11) is 0. The highest BCUT2D eigenvalue weighted by Gasteiger charge is 2.20. The number of carbonyl (C=O) groups is 1. The molecule has 3 nitrogen and oxygen atoms in total. The topological polar surface area (TPSA) is 41.1 Å². The van der Waals surface area contributed by atoms with Gasteiger partial charge in [0.05, 0.1) is 5.92 Å². The smallest absolute Gasteiger partial charge is 0.228 e. The molecule has 1 aromatic carbocycles. The summed E-state index contributed by atoms with van der Waals surface area (Å²) in [4.78, 5) is 12.0. The summed E-state index contributed by atoms with van der Waals surface area (Å²) in [5, 5.41) is 6.26. The number of carbonyl (C=O) groups excluding carboxylic acids is 1. The number of hydrogen-bond acceptors (Lipinski definition) is 3. The molecule has 1 saturated heterocycles. The predicted molar refractivity (Wildman–Crippen MR) is 85.1 cm³/mol. The maximum absolute atomic E-state index is 12.0. The van der Waals surface area contributed by atoms with Crippen LogP contribution in [0.25, 0.3) is 0 Å². The molecular formula is C14H21ClN2OS. The third-order valence-corrected chi connectivity index (χ3v) is 3.82. The molecule has 1 aliphatic rings. The summed E-state index contributed by atoms with van der Waals surface area (Å²) in [5.74, 6) is 1.27. The Labute approximate surface area is 125 Å². The first kappa shape index (κ1) is 16.3. The molecule has 0 spiro atoms. The van der Waals surface area contributed by atoms with Crippen molar-refractivity contribution in [3.05, 3.63) is 29.8 Å². The van der Waals surface area contributed by atoms with Crippen LogP contribution in [0, 0.1) is 5.92 Å². The fourth-order valence-corrected chi connectivity index (χ4v) is 2.70. The van der Waals surface area contributed by atoms with Gasteiger partial charge in [0, 0.05) is 18.0 Å². The van der Waals surface area contributed by atoms with E-state index in [0.717, 1.165) is 37.4 Å². The van der Waals surface area contributed by atoms with Crippen LogP contribution in [0.5, 0.6) is 0 Å². The summed E-state index contributed by atoms with van der Waals surface area (Å²) < 4.78 is 0. The van der Waals surface area contributed by atoms with Crippen LogP contribution < -0.4 is 10.6 Å². The molecule has 1 amide bonds. The lowest BCUT2D eigenvalue weighted by Crippen LogP contribution is -2.37. The Balaban J connectivity index is 0.00000180. The lowest BCUT2D eigenvalue weighted by molar-refractivity contribution is -0.120. The quantitative estimate of drug-likeness (QED) is 0.898. The van der Waals surface area contributed by atoms with Gasteiger partial charge in [0.2, 0.25) is 5.91 Å². The van der Waals surface area contributed by atoms with Crippen LogP contribution in [-0.4, -0.2) is 25.3 Å². The van der Waals surface area contributed by atoms with Gasteiger partial charge in [-0.15, -0.1) is 12.4 Å². The number of piperidine rings is 1. The summed E-state index contributed by atoms with van der Waals surface area (Å²) >= 11 is 1.80. The van der Waals surface area contributed by atoms with Crippen molar-refractivity contribution in [2.45, 2.75) is 18.6 Å². The molecule has 1 atom stereocenters. The fraction of sp³-hybridized carbons (Fsp3) is 0.500. The molecule has 0 aromatic heterocycles. The van der Waals surface area contributed by atoms with Gasteiger partial charge in [-0.25, -0.2) is 0 Å². The molecule has 0 aliphatic carbocycles. The Kier molecular flexibility index (Phi) is 7.28. The zero-order valence-corrected chi connectivity index (χ0v) is 12.8. The molecule has 0 radical (unpaired) electrons. The molecule has 1 fully saturated rings. The largest absolute Gasteiger partial charge is 0.326 e. The molecule has 1 unspecified atom stereocenters. The highest BCUT2D eigenvalue weighted by Crippen LogP contribution is 2.16. The van der Waals surface area contributed by atoms with E-state index in [1.165, 1.54) is 5.56 Å². The molecular weight excluding hydrogens is 280 g/mol. The minimum absolute atomic E-state index is 0. The van der Waals surface area contributed by atoms with Crippen molar-refractivity contribution in [2.75, 3.05) is 24.7 Å². The highest BCUT2D eigenvalue weighted by atomic mass is 35.5. The highest BCUT2D eigenvalue weighted by molar-refractivity contribution is 7.97. The number of nitrogens with one attached hydrogen (secondary N) is 2. The molecule has 0 bridgehead atoms. The van der Waals surface area contributed by atoms with Crippen LogP contribution in [0.15, 0.2) is 24.3 Å². The lowest BCUT2D eigenvalue weighted by atomic mass is 9.99. The number of hydrogen-bond donors (Lipinski definition) is 2. The second-order valence-electron chi connectivity index (χ2n) is 4.66. The lowest BCUT2D eigenvalue weighted by Gasteiger charge is -2.21. The van der Waals surface area contributed by atoms with Crippen molar-refractivity contribution in [1.29, 1.82) is 0 Å². The SMILES string of the molecule is CSCc1ccc(NC(=O)C2CCCNC2)cc1.Cl. The zero-order valence-electron chi connectivity index (χ0n) is 11.1. The standard InChI is InChI=1S/C14H20N2OS.ClH/c1-18-10-11-4-6-13(7-5-11)16-14(17)12-3-2-8-15-9-12;/h4-7,12,15H,2-3,8-10H2,1H3,(H,16,17);1H. The van der Waals surface area contributed by atoms with E-state index in [-0.39, 0.29) is 24.2 Å². The first-order valence-corrected chi connectivity index (χ1v) is 7.78. The second-order valence-corrected chi connectivity index (χ2v) is 5.53. The first-order valence-electron chi connectivity index (χ1n) is 6.39. The van der Waals surface area contributed by atoms with Crippen LogP contribution in [0.4, 0.5) is 5.69 Å². The van der Waals surface area contributed by atoms with E-state index in [2.05, 4.69) is 29.0 Å². The van der Waals surface area contributed by atoms with Gasteiger partial charge >= 0.3 is 0 Å². The van der Waals surface area contributed by atoms with Crippen LogP contribution in [-0.2, 0) is 10.5 Å². The van der Waals surface area contributed by atoms with Crippen LogP contribution >= 0.6 is 24.2 Å². The predicted octanol–water partition coefficient (Wildman–Crippen LogP) is 2.91. The van der Waals surface area contributed by atoms with Crippen molar-refractivity contribution in [1.82, 2.24) is 5.32 Å². The zero-order chi connectivity index (χ0) is 12.8. The van der Waals surface area contributed by atoms with E-state index in [1.54, 1.807) is 11.8 Å². The van der Waals surface area contributed by atoms with E-state index >= 15 is 0 Å². The molecule has 1 aliphatic heterocycles. The minimum Gasteiger partial charge on any atom is -0.326 e. The van der Waals surface area contributed by atoms with Crippen LogP contribution in [0.2, 0.25) is 0 Å². The van der Waals surface area contributed by atoms with Gasteiger partial charge in [0.25, 0.3) is 0 Å². The summed E-state index contributed by atoms with van der Waals surface area (Å²) in [6.07, 6.45) is 4.17. The third kappa shape index (κ3) is 5.05. The summed E-state index contributed by atoms with van der Waals surface area (Å²) in [6.45, 7) is 1.84. The Bertz CT molecular complexity index is 391. The van der Waals surface area contributed by atoms with Crippen molar-refractivity contribution in [3.63, 3.8) is 0 Å². The van der Waals surface area contributed by atoms with E-state index < -0.39 is 0 Å². The van der Waals surface area contributed by atoms with E-state index in [1.807, 2.05) is 12.1 Å². The fourth-order valence-electron chi connectivity index (χ4n) is 2.17. The number of halogens is 1. The molecule has 2 rings (SSSR count). The number of thioether (sulfide) groups is 1. The molecule has 106 valence electrons. The number of anilines is 1. The maximum atomic E-state index is 12.0. The van der Waals surface area contributed by atoms with Gasteiger partial charge in [-0.05, 0) is 43.3 Å². The molecule has 0 saturated carbocycles. The third-order valence-electron chi connectivity index (χ3n) is 3.20. The van der Waals surface area contributed by atoms with Gasteiger partial charge in [0.15, 0.2) is 0 Å². The number of rotatable bonds is 4. The molecule has 5 heteroatoms. The Hall–Kier alpha value is -0.710. The van der Waals surface area contributed by atoms with Crippen molar-refractivity contribution in [3.8, 4) is 0 Å². The van der Waals surface area contributed by atoms with Crippen molar-refractivity contribution in [2.24, 2.45) is 5.92 Å². The summed E-state index contributed by atoms with van der Waals surface area (Å²) in [5.41, 5.74) is 2.19. The van der Waals surface area contributed by atoms with Gasteiger partial charge in [0.1, 0.15) is 0 Å². The average Bonchev–Trinajstić information content (AvgIpc) is 2.42. The number of amides is 1. The second kappa shape index (κ2) is 8.46. The minimum atomic E-state index is 0. The number of benzene rings is 1. The van der Waals surface area contributed by atoms with Gasteiger partial charge in [-0.2, -0.15) is 11.8 Å². The molecule has 2 N–H and O–H groups in total. The summed E-state index contributed by atoms with van der Waals surface area (Å²) in [6, 6.07) is 8.12. The van der Waals surface area contributed by atoms with E-state index in [4.69, 9.17) is 0 Å². The monoisotopic (exact) mass is 300 g/mol. The Morgan fingerprint density at radius 1 is 1.42 bits per heavy atom. The van der Waals surface area contributed by atoms with Crippen LogP contribution in [0.3, 0.4) is 0 Å². The van der Waals surface area contributed by atoms with E-state index in [0.29, 0.717) is 0 Å². The Morgan fingerprint density at radius 2 is 2.16 bits per heavy atom. The normalized spacial score (nSPS) is 18.5. The average molecular weight is 301 g/mol. The first-order chi connectivity index (χ1) is 8.79. The Morgan fingerprint density at radius 3 is 2.74 bits per heavy atom. The maximum Gasteiger partial charge on any atom is 0.228 e. The van der Waals surface area contributed by atoms with Crippen molar-refractivity contribution < 1.29 is 4.79 Å². The van der Waals surface area contributed by atoms with E-state index in [9.17, 15) is 4.79 Å². The molecule has 1 heterocycles. The van der Waals surface area contributed by atoms with Gasteiger partial charge in [-0.1, -0.05) is 12.1 Å². The molecule has 19 heavy (non-hydrogen) atoms. The van der Waals surface area contributed by atoms with Crippen molar-refractivity contribution >= 4 is 35.8 Å².